The zero-order valence-electron chi connectivity index (χ0n) is 80.8. The molecule has 8 aromatic carbocycles. The molecule has 0 unspecified atom stereocenters. The summed E-state index contributed by atoms with van der Waals surface area (Å²) in [6, 6.07) is 53.0. The van der Waals surface area contributed by atoms with Crippen LogP contribution in [0.3, 0.4) is 0 Å². The van der Waals surface area contributed by atoms with E-state index in [0.29, 0.717) is 242 Å². The van der Waals surface area contributed by atoms with Crippen molar-refractivity contribution >= 4 is 7.81 Å². The van der Waals surface area contributed by atoms with E-state index in [1.807, 2.05) is 109 Å². The maximum atomic E-state index is 9.87. The first-order chi connectivity index (χ1) is 66.6. The molecular formula is C106H146ClF6N2O22P-2. The first-order valence-electron chi connectivity index (χ1n) is 47.0. The Kier molecular flexibility index (Phi) is 60.8. The van der Waals surface area contributed by atoms with Crippen LogP contribution in [0.2, 0.25) is 0 Å². The molecule has 8 rings (SSSR count). The van der Waals surface area contributed by atoms with E-state index in [4.69, 9.17) is 105 Å². The summed E-state index contributed by atoms with van der Waals surface area (Å²) in [5.74, 6) is 7.84. The van der Waals surface area contributed by atoms with Crippen molar-refractivity contribution in [1.82, 2.24) is 10.6 Å². The molecule has 0 bridgehead atoms. The number of benzene rings is 8. The van der Waals surface area contributed by atoms with Crippen molar-refractivity contribution in [3.63, 3.8) is 0 Å². The van der Waals surface area contributed by atoms with E-state index in [-0.39, 0.29) is 25.6 Å². The van der Waals surface area contributed by atoms with E-state index >= 15 is 0 Å². The van der Waals surface area contributed by atoms with Crippen molar-refractivity contribution in [1.29, 1.82) is 0 Å². The van der Waals surface area contributed by atoms with Crippen LogP contribution in [0.1, 0.15) is 136 Å². The summed E-state index contributed by atoms with van der Waals surface area (Å²) in [5.41, 5.74) is 10.7. The predicted octanol–water partition coefficient (Wildman–Crippen LogP) is 20.2. The van der Waals surface area contributed by atoms with Crippen molar-refractivity contribution < 1.29 is 143 Å². The molecule has 768 valence electrons. The van der Waals surface area contributed by atoms with Gasteiger partial charge in [0.15, 0.2) is 46.0 Å². The van der Waals surface area contributed by atoms with E-state index < -0.39 is 7.81 Å². The van der Waals surface area contributed by atoms with Crippen molar-refractivity contribution in [2.75, 3.05) is 187 Å². The Morgan fingerprint density at radius 2 is 0.493 bits per heavy atom. The third-order valence-corrected chi connectivity index (χ3v) is 20.3. The maximum absolute atomic E-state index is 10.7. The standard InChI is InChI=1S/2C53H73NO11.ClH.F6P/c2*1-5-7-12-26-58-29-31-60-33-35-62-49-24-17-44(37-50(49)63-36-34-61-32-30-59-27-13-8-6-2)42-65-48-22-20-47(21-23-48)46-18-15-43(16-19-46)40-54-41-45-38-51(56-3)53(52(39-45)57-4)64-28-14-10-9-11-25-55;;1-7(2,3,4,5)6/h2*5-6,15-24,37-39,54-55H,1-2,7-14,25-36,40-42H2,3-4H3;1H;/q;;;-1/p-1. The summed E-state index contributed by atoms with van der Waals surface area (Å²) in [6.45, 7) is 30.1. The molecule has 0 aliphatic carbocycles. The third-order valence-electron chi connectivity index (χ3n) is 20.3. The molecule has 0 amide bonds. The van der Waals surface area contributed by atoms with E-state index in [2.05, 4.69) is 110 Å². The zero-order valence-corrected chi connectivity index (χ0v) is 82.5. The van der Waals surface area contributed by atoms with Gasteiger partial charge in [-0.25, -0.2) is 0 Å². The van der Waals surface area contributed by atoms with E-state index in [9.17, 15) is 25.2 Å². The monoisotopic (exact) mass is 1980 g/mol. The van der Waals surface area contributed by atoms with Crippen LogP contribution in [0.5, 0.6) is 69.0 Å². The van der Waals surface area contributed by atoms with E-state index in [0.717, 1.165) is 159 Å². The molecule has 0 aliphatic rings. The maximum Gasteiger partial charge on any atom is -1.00 e. The molecule has 0 fully saturated rings. The average Bonchev–Trinajstić information content (AvgIpc) is 0.787. The van der Waals surface area contributed by atoms with Crippen LogP contribution in [0.15, 0.2) is 208 Å². The molecule has 0 saturated carbocycles. The molecule has 4 N–H and O–H groups in total. The minimum atomic E-state index is -10.7. The van der Waals surface area contributed by atoms with Gasteiger partial charge in [-0.15, -0.1) is 26.3 Å². The molecule has 24 nitrogen and oxygen atoms in total. The second-order valence-electron chi connectivity index (χ2n) is 31.4. The fourth-order valence-electron chi connectivity index (χ4n) is 13.2. The Bertz CT molecular complexity index is 4240. The van der Waals surface area contributed by atoms with E-state index in [1.54, 1.807) is 28.4 Å². The number of rotatable bonds is 78. The largest absolute Gasteiger partial charge is 1.00 e. The number of allylic oxidation sites excluding steroid dienone is 4. The molecule has 0 aliphatic heterocycles. The molecule has 0 heterocycles. The van der Waals surface area contributed by atoms with Gasteiger partial charge in [0, 0.05) is 65.8 Å². The van der Waals surface area contributed by atoms with Gasteiger partial charge in [-0.2, -0.15) is 0 Å². The first kappa shape index (κ1) is 119. The number of hydrogen-bond acceptors (Lipinski definition) is 24. The molecule has 0 saturated heterocycles. The number of unbranched alkanes of at least 4 members (excludes halogenated alkanes) is 10. The summed E-state index contributed by atoms with van der Waals surface area (Å²) in [5, 5.41) is 25.1. The van der Waals surface area contributed by atoms with Crippen LogP contribution in [-0.4, -0.2) is 197 Å². The van der Waals surface area contributed by atoms with Crippen LogP contribution in [0, 0.1) is 0 Å². The molecule has 32 heteroatoms. The summed E-state index contributed by atoms with van der Waals surface area (Å²) in [7, 11) is -4.09. The number of nitrogens with one attached hydrogen (secondary N) is 2. The Hall–Kier alpha value is -9.86. The second-order valence-corrected chi connectivity index (χ2v) is 33.3. The molecule has 8 aromatic rings. The zero-order chi connectivity index (χ0) is 98.4. The summed E-state index contributed by atoms with van der Waals surface area (Å²) < 4.78 is 176. The summed E-state index contributed by atoms with van der Waals surface area (Å²) >= 11 is 0. The Morgan fingerprint density at radius 1 is 0.254 bits per heavy atom. The molecule has 0 atom stereocenters. The van der Waals surface area contributed by atoms with Crippen LogP contribution < -0.4 is 79.9 Å². The predicted molar refractivity (Wildman–Crippen MR) is 527 cm³/mol. The molecule has 0 radical (unpaired) electrons. The fourth-order valence-corrected chi connectivity index (χ4v) is 13.2. The van der Waals surface area contributed by atoms with Gasteiger partial charge in [-0.3, -0.25) is 0 Å². The summed E-state index contributed by atoms with van der Waals surface area (Å²) in [4.78, 5) is 0. The Labute approximate surface area is 818 Å². The number of aliphatic hydroxyl groups excluding tert-OH is 2. The third kappa shape index (κ3) is 54.6. The minimum Gasteiger partial charge on any atom is -1.00 e. The van der Waals surface area contributed by atoms with Gasteiger partial charge in [0.05, 0.1) is 121 Å². The molecule has 0 aromatic heterocycles. The minimum absolute atomic E-state index is 0. The van der Waals surface area contributed by atoms with E-state index in [1.165, 1.54) is 11.1 Å². The molecule has 0 spiro atoms. The van der Waals surface area contributed by atoms with Gasteiger partial charge >= 0.3 is 33.0 Å². The Balaban J connectivity index is 0.000000452. The average molecular weight is 1980 g/mol. The van der Waals surface area contributed by atoms with Crippen molar-refractivity contribution in [3.05, 3.63) is 242 Å². The van der Waals surface area contributed by atoms with Crippen LogP contribution in [-0.2, 0) is 77.3 Å². The van der Waals surface area contributed by atoms with Gasteiger partial charge < -0.3 is 128 Å². The van der Waals surface area contributed by atoms with Gasteiger partial charge in [-0.1, -0.05) is 122 Å². The van der Waals surface area contributed by atoms with Gasteiger partial charge in [0.2, 0.25) is 11.5 Å². The van der Waals surface area contributed by atoms with Crippen molar-refractivity contribution in [3.8, 4) is 91.2 Å². The quantitative estimate of drug-likeness (QED) is 0.0120. The van der Waals surface area contributed by atoms with Gasteiger partial charge in [-0.05, 0) is 218 Å². The SMILES string of the molecule is C=CCCCOCCOCCOc1ccc(COc2ccc(-c3ccc(CNCc4cc(OC)c(OCCCCCCO)c(OC)c4)cc3)cc2)cc1OCCOCCOCCCC=C.C=CCCCOCCOCCOc1ccc(COc2ccc(-c3ccc(CNCc4cc(OC)c(OCCCCCCO)c(OC)c4)cc3)cc2)cc1OCCOCCOCCCC=C.F[P-](F)(F)(F)(F)F.[Cl-]. The fraction of sp³-hybridized carbons (Fsp3) is 0.472. The van der Waals surface area contributed by atoms with Crippen molar-refractivity contribution in [2.45, 2.75) is 142 Å². The number of ether oxygens (including phenoxy) is 20. The number of methoxy groups -OCH3 is 4. The summed E-state index contributed by atoms with van der Waals surface area (Å²) in [6.07, 6.45) is 22.6. The van der Waals surface area contributed by atoms with Gasteiger partial charge in [0.1, 0.15) is 51.1 Å². The smallest absolute Gasteiger partial charge is 1.00 e. The van der Waals surface area contributed by atoms with Crippen LogP contribution in [0.25, 0.3) is 22.3 Å². The van der Waals surface area contributed by atoms with Crippen LogP contribution >= 0.6 is 7.81 Å². The topological polar surface area (TPSA) is 249 Å². The molecule has 138 heavy (non-hydrogen) atoms. The number of aliphatic hydroxyl groups is 2. The van der Waals surface area contributed by atoms with Crippen molar-refractivity contribution in [2.24, 2.45) is 0 Å². The number of halogens is 7. The first-order valence-corrected chi connectivity index (χ1v) is 49.1. The Morgan fingerprint density at radius 3 is 0.768 bits per heavy atom. The normalized spacial score (nSPS) is 11.5. The van der Waals surface area contributed by atoms with Gasteiger partial charge in [0.25, 0.3) is 0 Å². The molecular weight excluding hydrogens is 1830 g/mol. The van der Waals surface area contributed by atoms with Crippen LogP contribution in [0.4, 0.5) is 25.2 Å². The number of hydrogen-bond donors (Lipinski definition) is 4. The second kappa shape index (κ2) is 70.7.